The fraction of sp³-hybridized carbons (Fsp3) is 0.400. The number of hydrogen-bond acceptors (Lipinski definition) is 3. The highest BCUT2D eigenvalue weighted by Gasteiger charge is 2.22. The first-order valence-electron chi connectivity index (χ1n) is 12.6. The maximum atomic E-state index is 11.3. The van der Waals surface area contributed by atoms with Crippen molar-refractivity contribution in [1.82, 2.24) is 0 Å². The standard InChI is InChI=1S/C30H34O3/c31-28-16-14-22(18-26(28)20-8-3-1-4-9-20)24-12-7-13-25(30(24)33)23-15-17-29(32)27(19-23)21-10-5-2-6-11-21/h7,12-21,31-33H,1-6,8-11H2. The second-order valence-corrected chi connectivity index (χ2v) is 9.92. The first kappa shape index (κ1) is 21.9. The minimum atomic E-state index is 0.248. The lowest BCUT2D eigenvalue weighted by Gasteiger charge is -2.24. The first-order valence-corrected chi connectivity index (χ1v) is 12.6. The summed E-state index contributed by atoms with van der Waals surface area (Å²) in [6.45, 7) is 0. The lowest BCUT2D eigenvalue weighted by Crippen LogP contribution is -2.05. The van der Waals surface area contributed by atoms with Crippen LogP contribution in [0, 0.1) is 0 Å². The molecule has 0 unspecified atom stereocenters. The molecule has 2 fully saturated rings. The molecular weight excluding hydrogens is 408 g/mol. The molecule has 0 bridgehead atoms. The average Bonchev–Trinajstić information content (AvgIpc) is 2.86. The van der Waals surface area contributed by atoms with E-state index in [-0.39, 0.29) is 5.75 Å². The van der Waals surface area contributed by atoms with Crippen molar-refractivity contribution in [2.75, 3.05) is 0 Å². The first-order chi connectivity index (χ1) is 16.1. The highest BCUT2D eigenvalue weighted by atomic mass is 16.3. The van der Waals surface area contributed by atoms with Crippen molar-refractivity contribution in [3.8, 4) is 39.5 Å². The maximum Gasteiger partial charge on any atom is 0.131 e. The summed E-state index contributed by atoms with van der Waals surface area (Å²) in [4.78, 5) is 0. The third kappa shape index (κ3) is 4.46. The van der Waals surface area contributed by atoms with Crippen molar-refractivity contribution in [3.63, 3.8) is 0 Å². The van der Waals surface area contributed by atoms with Gasteiger partial charge in [-0.25, -0.2) is 0 Å². The Morgan fingerprint density at radius 1 is 0.515 bits per heavy atom. The predicted octanol–water partition coefficient (Wildman–Crippen LogP) is 8.23. The van der Waals surface area contributed by atoms with Crippen LogP contribution in [0.5, 0.6) is 17.2 Å². The van der Waals surface area contributed by atoms with Gasteiger partial charge in [-0.1, -0.05) is 68.9 Å². The fourth-order valence-electron chi connectivity index (χ4n) is 5.93. The molecule has 3 N–H and O–H groups in total. The molecule has 33 heavy (non-hydrogen) atoms. The Bertz CT molecular complexity index is 1040. The van der Waals surface area contributed by atoms with E-state index in [0.717, 1.165) is 59.1 Å². The summed E-state index contributed by atoms with van der Waals surface area (Å²) in [5, 5.41) is 32.4. The lowest BCUT2D eigenvalue weighted by molar-refractivity contribution is 0.414. The van der Waals surface area contributed by atoms with E-state index in [9.17, 15) is 15.3 Å². The smallest absolute Gasteiger partial charge is 0.131 e. The zero-order valence-corrected chi connectivity index (χ0v) is 19.3. The lowest BCUT2D eigenvalue weighted by atomic mass is 9.82. The zero-order chi connectivity index (χ0) is 22.8. The molecule has 0 saturated heterocycles. The van der Waals surface area contributed by atoms with Crippen molar-refractivity contribution in [3.05, 3.63) is 65.7 Å². The van der Waals surface area contributed by atoms with Gasteiger partial charge in [0.25, 0.3) is 0 Å². The summed E-state index contributed by atoms with van der Waals surface area (Å²) < 4.78 is 0. The number of benzene rings is 3. The summed E-state index contributed by atoms with van der Waals surface area (Å²) in [7, 11) is 0. The van der Waals surface area contributed by atoms with Gasteiger partial charge in [-0.3, -0.25) is 0 Å². The Balaban J connectivity index is 1.52. The Hall–Kier alpha value is -2.94. The van der Waals surface area contributed by atoms with Crippen molar-refractivity contribution in [2.24, 2.45) is 0 Å². The quantitative estimate of drug-likeness (QED) is 0.381. The molecule has 3 heteroatoms. The summed E-state index contributed by atoms with van der Waals surface area (Å²) in [5.74, 6) is 1.74. The van der Waals surface area contributed by atoms with Crippen LogP contribution in [0.15, 0.2) is 54.6 Å². The van der Waals surface area contributed by atoms with E-state index >= 15 is 0 Å². The number of aromatic hydroxyl groups is 3. The highest BCUT2D eigenvalue weighted by molar-refractivity contribution is 5.83. The SMILES string of the molecule is Oc1ccc(-c2cccc(-c3ccc(O)c(C4CCCCC4)c3)c2O)cc1C1CCCCC1. The van der Waals surface area contributed by atoms with E-state index in [0.29, 0.717) is 23.3 Å². The van der Waals surface area contributed by atoms with E-state index in [4.69, 9.17) is 0 Å². The Morgan fingerprint density at radius 3 is 1.36 bits per heavy atom. The third-order valence-corrected chi connectivity index (χ3v) is 7.80. The van der Waals surface area contributed by atoms with E-state index in [1.807, 2.05) is 30.3 Å². The van der Waals surface area contributed by atoms with Gasteiger partial charge in [0.05, 0.1) is 0 Å². The Morgan fingerprint density at radius 2 is 0.939 bits per heavy atom. The van der Waals surface area contributed by atoms with Crippen LogP contribution in [0.1, 0.15) is 87.2 Å². The van der Waals surface area contributed by atoms with E-state index in [1.165, 1.54) is 38.5 Å². The van der Waals surface area contributed by atoms with Gasteiger partial charge in [0.1, 0.15) is 17.2 Å². The number of phenolic OH excluding ortho intramolecular Hbond substituents is 3. The molecule has 2 aliphatic carbocycles. The summed E-state index contributed by atoms with van der Waals surface area (Å²) in [6.07, 6.45) is 11.8. The molecule has 0 atom stereocenters. The molecule has 0 spiro atoms. The van der Waals surface area contributed by atoms with Gasteiger partial charge in [0.15, 0.2) is 0 Å². The van der Waals surface area contributed by atoms with Crippen molar-refractivity contribution in [1.29, 1.82) is 0 Å². The minimum absolute atomic E-state index is 0.248. The van der Waals surface area contributed by atoms with Crippen LogP contribution in [0.2, 0.25) is 0 Å². The van der Waals surface area contributed by atoms with E-state index in [1.54, 1.807) is 12.1 Å². The minimum Gasteiger partial charge on any atom is -0.508 e. The molecule has 0 aliphatic heterocycles. The number of para-hydroxylation sites is 1. The molecular formula is C30H34O3. The predicted molar refractivity (Wildman–Crippen MR) is 134 cm³/mol. The second-order valence-electron chi connectivity index (χ2n) is 9.92. The van der Waals surface area contributed by atoms with Crippen molar-refractivity contribution in [2.45, 2.75) is 76.0 Å². The molecule has 3 nitrogen and oxygen atoms in total. The number of rotatable bonds is 4. The number of phenols is 3. The van der Waals surface area contributed by atoms with Gasteiger partial charge in [-0.2, -0.15) is 0 Å². The molecule has 0 heterocycles. The van der Waals surface area contributed by atoms with Gasteiger partial charge in [-0.05, 0) is 84.0 Å². The molecule has 0 amide bonds. The largest absolute Gasteiger partial charge is 0.508 e. The van der Waals surface area contributed by atoms with Crippen LogP contribution >= 0.6 is 0 Å². The Kier molecular flexibility index (Phi) is 6.30. The number of hydrogen-bond donors (Lipinski definition) is 3. The van der Waals surface area contributed by atoms with E-state index in [2.05, 4.69) is 12.1 Å². The van der Waals surface area contributed by atoms with Crippen LogP contribution < -0.4 is 0 Å². The van der Waals surface area contributed by atoms with Crippen LogP contribution in [0.25, 0.3) is 22.3 Å². The summed E-state index contributed by atoms with van der Waals surface area (Å²) in [6, 6.07) is 17.3. The van der Waals surface area contributed by atoms with E-state index < -0.39 is 0 Å². The van der Waals surface area contributed by atoms with Crippen LogP contribution in [0.3, 0.4) is 0 Å². The highest BCUT2D eigenvalue weighted by Crippen LogP contribution is 2.44. The molecule has 0 radical (unpaired) electrons. The van der Waals surface area contributed by atoms with Crippen LogP contribution in [0.4, 0.5) is 0 Å². The molecule has 2 saturated carbocycles. The molecule has 3 aromatic carbocycles. The second kappa shape index (κ2) is 9.51. The molecule has 0 aromatic heterocycles. The fourth-order valence-corrected chi connectivity index (χ4v) is 5.93. The molecule has 2 aliphatic rings. The monoisotopic (exact) mass is 442 g/mol. The molecule has 172 valence electrons. The normalized spacial score (nSPS) is 17.8. The maximum absolute atomic E-state index is 11.3. The van der Waals surface area contributed by atoms with Crippen molar-refractivity contribution >= 4 is 0 Å². The van der Waals surface area contributed by atoms with Gasteiger partial charge < -0.3 is 15.3 Å². The summed E-state index contributed by atoms with van der Waals surface area (Å²) >= 11 is 0. The van der Waals surface area contributed by atoms with Crippen LogP contribution in [-0.4, -0.2) is 15.3 Å². The topological polar surface area (TPSA) is 60.7 Å². The average molecular weight is 443 g/mol. The van der Waals surface area contributed by atoms with Crippen LogP contribution in [-0.2, 0) is 0 Å². The zero-order valence-electron chi connectivity index (χ0n) is 19.3. The molecule has 5 rings (SSSR count). The van der Waals surface area contributed by atoms with Gasteiger partial charge in [0.2, 0.25) is 0 Å². The third-order valence-electron chi connectivity index (χ3n) is 7.80. The Labute approximate surface area is 196 Å². The van der Waals surface area contributed by atoms with Crippen molar-refractivity contribution < 1.29 is 15.3 Å². The van der Waals surface area contributed by atoms with Gasteiger partial charge >= 0.3 is 0 Å². The summed E-state index contributed by atoms with van der Waals surface area (Å²) in [5.41, 5.74) is 5.41. The molecule has 3 aromatic rings. The van der Waals surface area contributed by atoms with Gasteiger partial charge in [0, 0.05) is 11.1 Å². The van der Waals surface area contributed by atoms with Gasteiger partial charge in [-0.15, -0.1) is 0 Å².